The van der Waals surface area contributed by atoms with Gasteiger partial charge in [0.25, 0.3) is 0 Å². The predicted octanol–water partition coefficient (Wildman–Crippen LogP) is 5.21. The van der Waals surface area contributed by atoms with E-state index in [1.807, 2.05) is 60.7 Å². The fourth-order valence-corrected chi connectivity index (χ4v) is 3.50. The summed E-state index contributed by atoms with van der Waals surface area (Å²) in [7, 11) is 0. The van der Waals surface area contributed by atoms with E-state index in [1.54, 1.807) is 0 Å². The number of carbonyl (C=O) groups excluding carboxylic acids is 1. The third-order valence-electron chi connectivity index (χ3n) is 4.24. The van der Waals surface area contributed by atoms with Gasteiger partial charge in [-0.2, -0.15) is 0 Å². The normalized spacial score (nSPS) is 10.6. The van der Waals surface area contributed by atoms with Gasteiger partial charge in [0.2, 0.25) is 11.1 Å². The monoisotopic (exact) mass is 434 g/mol. The molecule has 0 saturated heterocycles. The molecule has 0 spiro atoms. The molecule has 0 bridgehead atoms. The van der Waals surface area contributed by atoms with Crippen molar-refractivity contribution >= 4 is 23.4 Å². The third-order valence-corrected chi connectivity index (χ3v) is 5.08. The zero-order valence-corrected chi connectivity index (χ0v) is 16.9. The number of amides is 1. The van der Waals surface area contributed by atoms with E-state index in [-0.39, 0.29) is 11.4 Å². The first-order valence-electron chi connectivity index (χ1n) is 9.33. The highest BCUT2D eigenvalue weighted by Crippen LogP contribution is 2.29. The molecule has 0 aliphatic heterocycles. The summed E-state index contributed by atoms with van der Waals surface area (Å²) in [4.78, 5) is 16.8. The molecule has 0 radical (unpaired) electrons. The number of aromatic nitrogens is 3. The molecular weight excluding hydrogens is 418 g/mol. The molecule has 0 saturated carbocycles. The lowest BCUT2D eigenvalue weighted by Gasteiger charge is -2.09. The Bertz CT molecular complexity index is 1190. The van der Waals surface area contributed by atoms with Crippen LogP contribution < -0.4 is 5.32 Å². The summed E-state index contributed by atoms with van der Waals surface area (Å²) >= 11 is 1.08. The van der Waals surface area contributed by atoms with Gasteiger partial charge in [0.15, 0.2) is 0 Å². The Balaban J connectivity index is 1.54. The molecule has 3 aromatic carbocycles. The fourth-order valence-electron chi connectivity index (χ4n) is 2.91. The van der Waals surface area contributed by atoms with Crippen LogP contribution in [-0.4, -0.2) is 26.8 Å². The van der Waals surface area contributed by atoms with Crippen molar-refractivity contribution in [3.8, 4) is 22.5 Å². The second-order valence-corrected chi connectivity index (χ2v) is 7.46. The van der Waals surface area contributed by atoms with Gasteiger partial charge < -0.3 is 5.32 Å². The maximum atomic E-state index is 13.3. The van der Waals surface area contributed by atoms with Crippen LogP contribution in [0.2, 0.25) is 0 Å². The highest BCUT2D eigenvalue weighted by atomic mass is 32.2. The predicted molar refractivity (Wildman–Crippen MR) is 116 cm³/mol. The van der Waals surface area contributed by atoms with E-state index < -0.39 is 17.5 Å². The van der Waals surface area contributed by atoms with Gasteiger partial charge in [0, 0.05) is 22.9 Å². The third kappa shape index (κ3) is 5.29. The second kappa shape index (κ2) is 9.44. The summed E-state index contributed by atoms with van der Waals surface area (Å²) in [5.74, 6) is -2.01. The van der Waals surface area contributed by atoms with Crippen molar-refractivity contribution in [2.24, 2.45) is 0 Å². The maximum Gasteiger partial charge on any atom is 0.234 e. The van der Waals surface area contributed by atoms with E-state index in [0.29, 0.717) is 16.5 Å². The minimum Gasteiger partial charge on any atom is -0.325 e. The highest BCUT2D eigenvalue weighted by molar-refractivity contribution is 7.99. The van der Waals surface area contributed by atoms with E-state index in [0.717, 1.165) is 41.1 Å². The van der Waals surface area contributed by atoms with E-state index in [4.69, 9.17) is 0 Å². The van der Waals surface area contributed by atoms with Crippen LogP contribution in [0.1, 0.15) is 0 Å². The van der Waals surface area contributed by atoms with Crippen LogP contribution in [0.25, 0.3) is 22.5 Å². The number of rotatable bonds is 6. The molecule has 1 aromatic heterocycles. The van der Waals surface area contributed by atoms with Gasteiger partial charge >= 0.3 is 0 Å². The maximum absolute atomic E-state index is 13.3. The molecule has 0 aliphatic rings. The van der Waals surface area contributed by atoms with Crippen molar-refractivity contribution < 1.29 is 13.6 Å². The number of carbonyl (C=O) groups is 1. The van der Waals surface area contributed by atoms with Crippen LogP contribution in [0, 0.1) is 11.6 Å². The van der Waals surface area contributed by atoms with E-state index in [1.165, 1.54) is 0 Å². The number of nitrogens with zero attached hydrogens (tertiary/aromatic N) is 3. The molecule has 0 aliphatic carbocycles. The quantitative estimate of drug-likeness (QED) is 0.422. The number of hydrogen-bond acceptors (Lipinski definition) is 5. The van der Waals surface area contributed by atoms with Gasteiger partial charge in [-0.15, -0.1) is 10.2 Å². The van der Waals surface area contributed by atoms with Crippen molar-refractivity contribution in [3.05, 3.63) is 90.5 Å². The van der Waals surface area contributed by atoms with Crippen molar-refractivity contribution in [1.29, 1.82) is 0 Å². The molecule has 4 rings (SSSR count). The molecule has 0 fully saturated rings. The van der Waals surface area contributed by atoms with Crippen molar-refractivity contribution in [2.45, 2.75) is 5.16 Å². The first-order chi connectivity index (χ1) is 15.1. The summed E-state index contributed by atoms with van der Waals surface area (Å²) < 4.78 is 26.6. The molecule has 0 atom stereocenters. The van der Waals surface area contributed by atoms with Gasteiger partial charge in [0.1, 0.15) is 23.0 Å². The van der Waals surface area contributed by atoms with E-state index in [2.05, 4.69) is 20.5 Å². The lowest BCUT2D eigenvalue weighted by atomic mass is 10.0. The molecular formula is C23H16F2N4OS. The lowest BCUT2D eigenvalue weighted by molar-refractivity contribution is -0.113. The number of hydrogen-bond donors (Lipinski definition) is 1. The Morgan fingerprint density at radius 3 is 2.00 bits per heavy atom. The Labute approximate surface area is 181 Å². The number of nitrogens with one attached hydrogen (secondary N) is 1. The summed E-state index contributed by atoms with van der Waals surface area (Å²) in [6.45, 7) is 0. The zero-order chi connectivity index (χ0) is 21.6. The number of anilines is 1. The zero-order valence-electron chi connectivity index (χ0n) is 16.1. The van der Waals surface area contributed by atoms with Crippen LogP contribution in [0.4, 0.5) is 14.5 Å². The minimum atomic E-state index is -0.764. The molecule has 1 heterocycles. The molecule has 0 unspecified atom stereocenters. The Hall–Kier alpha value is -3.65. The van der Waals surface area contributed by atoms with Crippen LogP contribution in [0.5, 0.6) is 0 Å². The lowest BCUT2D eigenvalue weighted by Crippen LogP contribution is -2.14. The molecule has 4 aromatic rings. The largest absolute Gasteiger partial charge is 0.325 e. The highest BCUT2D eigenvalue weighted by Gasteiger charge is 2.15. The number of halogens is 2. The van der Waals surface area contributed by atoms with E-state index in [9.17, 15) is 13.6 Å². The van der Waals surface area contributed by atoms with Crippen molar-refractivity contribution in [1.82, 2.24) is 15.2 Å². The summed E-state index contributed by atoms with van der Waals surface area (Å²) in [6.07, 6.45) is 0. The van der Waals surface area contributed by atoms with Gasteiger partial charge in [-0.05, 0) is 12.1 Å². The molecule has 1 amide bonds. The van der Waals surface area contributed by atoms with Gasteiger partial charge in [-0.25, -0.2) is 13.8 Å². The average Bonchev–Trinajstić information content (AvgIpc) is 2.78. The molecule has 5 nitrogen and oxygen atoms in total. The number of benzene rings is 3. The minimum absolute atomic E-state index is 0.0429. The van der Waals surface area contributed by atoms with Crippen molar-refractivity contribution in [2.75, 3.05) is 11.1 Å². The smallest absolute Gasteiger partial charge is 0.234 e. The molecule has 154 valence electrons. The van der Waals surface area contributed by atoms with Gasteiger partial charge in [-0.3, -0.25) is 4.79 Å². The van der Waals surface area contributed by atoms with Crippen LogP contribution in [0.15, 0.2) is 84.0 Å². The first kappa shape index (κ1) is 20.6. The molecule has 1 N–H and O–H groups in total. The average molecular weight is 434 g/mol. The summed E-state index contributed by atoms with van der Waals surface area (Å²) in [5, 5.41) is 11.3. The Morgan fingerprint density at radius 2 is 1.39 bits per heavy atom. The summed E-state index contributed by atoms with van der Waals surface area (Å²) in [6, 6.07) is 22.0. The standard InChI is InChI=1S/C23H16F2N4OS/c24-17-11-18(25)13-19(12-17)26-20(30)14-31-23-27-21(15-7-3-1-4-8-15)22(28-29-23)16-9-5-2-6-10-16/h1-13H,14H2,(H,26,30). The molecule has 8 heteroatoms. The van der Waals surface area contributed by atoms with Gasteiger partial charge in [-0.1, -0.05) is 72.4 Å². The topological polar surface area (TPSA) is 67.8 Å². The summed E-state index contributed by atoms with van der Waals surface area (Å²) in [5.41, 5.74) is 3.08. The Morgan fingerprint density at radius 1 is 0.806 bits per heavy atom. The van der Waals surface area contributed by atoms with E-state index >= 15 is 0 Å². The van der Waals surface area contributed by atoms with Crippen LogP contribution in [-0.2, 0) is 4.79 Å². The fraction of sp³-hybridized carbons (Fsp3) is 0.0435. The van der Waals surface area contributed by atoms with Crippen LogP contribution >= 0.6 is 11.8 Å². The Kier molecular flexibility index (Phi) is 6.28. The van der Waals surface area contributed by atoms with Crippen molar-refractivity contribution in [3.63, 3.8) is 0 Å². The SMILES string of the molecule is O=C(CSc1nnc(-c2ccccc2)c(-c2ccccc2)n1)Nc1cc(F)cc(F)c1. The van der Waals surface area contributed by atoms with Gasteiger partial charge in [0.05, 0.1) is 5.75 Å². The number of thioether (sulfide) groups is 1. The first-order valence-corrected chi connectivity index (χ1v) is 10.3. The van der Waals surface area contributed by atoms with Crippen LogP contribution in [0.3, 0.4) is 0 Å². The molecule has 31 heavy (non-hydrogen) atoms. The second-order valence-electron chi connectivity index (χ2n) is 6.52.